The van der Waals surface area contributed by atoms with Crippen LogP contribution in [0.4, 0.5) is 23.7 Å². The number of carbonyl (C=O) groups excluding carboxylic acids is 1. The smallest absolute Gasteiger partial charge is 0.418 e. The zero-order valence-electron chi connectivity index (χ0n) is 10.1. The third-order valence-electron chi connectivity index (χ3n) is 2.99. The van der Waals surface area contributed by atoms with Crippen molar-refractivity contribution in [2.24, 2.45) is 5.92 Å². The fourth-order valence-electron chi connectivity index (χ4n) is 1.83. The second-order valence-electron chi connectivity index (χ2n) is 4.41. The lowest BCUT2D eigenvalue weighted by molar-refractivity contribution is -0.146. The SMILES string of the molecule is O=C(O)C1CN(C(=O)Nc2ccccc2C(F)(F)F)C1. The number of anilines is 1. The van der Waals surface area contributed by atoms with Gasteiger partial charge in [-0.15, -0.1) is 0 Å². The van der Waals surface area contributed by atoms with Crippen LogP contribution in [0.25, 0.3) is 0 Å². The molecule has 1 heterocycles. The van der Waals surface area contributed by atoms with Crippen LogP contribution in [-0.4, -0.2) is 35.1 Å². The van der Waals surface area contributed by atoms with E-state index in [1.54, 1.807) is 0 Å². The Morgan fingerprint density at radius 3 is 2.40 bits per heavy atom. The van der Waals surface area contributed by atoms with E-state index in [1.165, 1.54) is 12.1 Å². The summed E-state index contributed by atoms with van der Waals surface area (Å²) < 4.78 is 38.2. The van der Waals surface area contributed by atoms with Gasteiger partial charge in [0, 0.05) is 13.1 Å². The molecule has 1 aliphatic heterocycles. The van der Waals surface area contributed by atoms with Crippen LogP contribution < -0.4 is 5.32 Å². The van der Waals surface area contributed by atoms with Gasteiger partial charge in [-0.25, -0.2) is 4.79 Å². The van der Waals surface area contributed by atoms with Gasteiger partial charge in [0.05, 0.1) is 17.2 Å². The van der Waals surface area contributed by atoms with E-state index in [0.717, 1.165) is 17.0 Å². The monoisotopic (exact) mass is 288 g/mol. The molecule has 1 fully saturated rings. The van der Waals surface area contributed by atoms with Crippen molar-refractivity contribution >= 4 is 17.7 Å². The normalized spacial score (nSPS) is 15.7. The summed E-state index contributed by atoms with van der Waals surface area (Å²) in [6.07, 6.45) is -4.57. The summed E-state index contributed by atoms with van der Waals surface area (Å²) in [6, 6.07) is 3.88. The van der Waals surface area contributed by atoms with Crippen LogP contribution in [0.15, 0.2) is 24.3 Å². The minimum atomic E-state index is -4.57. The number of urea groups is 1. The molecule has 0 spiro atoms. The molecule has 8 heteroatoms. The van der Waals surface area contributed by atoms with Gasteiger partial charge in [-0.05, 0) is 12.1 Å². The Balaban J connectivity index is 2.05. The van der Waals surface area contributed by atoms with Crippen LogP contribution in [0.5, 0.6) is 0 Å². The lowest BCUT2D eigenvalue weighted by atomic mass is 10.0. The van der Waals surface area contributed by atoms with Crippen molar-refractivity contribution in [2.75, 3.05) is 18.4 Å². The highest BCUT2D eigenvalue weighted by molar-refractivity contribution is 5.91. The number of halogens is 3. The molecule has 2 rings (SSSR count). The molecule has 2 amide bonds. The maximum atomic E-state index is 12.7. The third kappa shape index (κ3) is 2.84. The van der Waals surface area contributed by atoms with E-state index in [1.807, 2.05) is 0 Å². The van der Waals surface area contributed by atoms with E-state index in [0.29, 0.717) is 0 Å². The minimum Gasteiger partial charge on any atom is -0.481 e. The fraction of sp³-hybridized carbons (Fsp3) is 0.333. The summed E-state index contributed by atoms with van der Waals surface area (Å²) in [4.78, 5) is 23.4. The maximum absolute atomic E-state index is 12.7. The molecule has 0 radical (unpaired) electrons. The molecule has 20 heavy (non-hydrogen) atoms. The molecular weight excluding hydrogens is 277 g/mol. The molecule has 0 unspecified atom stereocenters. The van der Waals surface area contributed by atoms with E-state index >= 15 is 0 Å². The van der Waals surface area contributed by atoms with Crippen LogP contribution >= 0.6 is 0 Å². The Labute approximate surface area is 112 Å². The number of nitrogens with one attached hydrogen (secondary N) is 1. The average Bonchev–Trinajstić information content (AvgIpc) is 2.25. The lowest BCUT2D eigenvalue weighted by Crippen LogP contribution is -2.54. The highest BCUT2D eigenvalue weighted by Gasteiger charge is 2.37. The van der Waals surface area contributed by atoms with Crippen molar-refractivity contribution in [3.05, 3.63) is 29.8 Å². The van der Waals surface area contributed by atoms with Gasteiger partial charge in [0.1, 0.15) is 0 Å². The van der Waals surface area contributed by atoms with E-state index in [9.17, 15) is 22.8 Å². The molecule has 1 aromatic rings. The first-order valence-electron chi connectivity index (χ1n) is 5.74. The number of para-hydroxylation sites is 1. The molecule has 5 nitrogen and oxygen atoms in total. The topological polar surface area (TPSA) is 69.6 Å². The highest BCUT2D eigenvalue weighted by atomic mass is 19.4. The summed E-state index contributed by atoms with van der Waals surface area (Å²) in [5, 5.41) is 10.8. The predicted octanol–water partition coefficient (Wildman–Crippen LogP) is 2.25. The van der Waals surface area contributed by atoms with E-state index in [4.69, 9.17) is 5.11 Å². The van der Waals surface area contributed by atoms with Gasteiger partial charge in [-0.1, -0.05) is 12.1 Å². The first-order chi connectivity index (χ1) is 9.29. The number of carboxylic acids is 1. The van der Waals surface area contributed by atoms with Crippen LogP contribution in [0.2, 0.25) is 0 Å². The number of aliphatic carboxylic acids is 1. The molecule has 1 aliphatic rings. The van der Waals surface area contributed by atoms with Crippen molar-refractivity contribution in [1.82, 2.24) is 4.90 Å². The predicted molar refractivity (Wildman–Crippen MR) is 63.2 cm³/mol. The first-order valence-corrected chi connectivity index (χ1v) is 5.74. The average molecular weight is 288 g/mol. The zero-order chi connectivity index (χ0) is 14.9. The van der Waals surface area contributed by atoms with Crippen LogP contribution in [-0.2, 0) is 11.0 Å². The molecule has 0 atom stereocenters. The largest absolute Gasteiger partial charge is 0.481 e. The summed E-state index contributed by atoms with van der Waals surface area (Å²) in [5.41, 5.74) is -1.28. The standard InChI is InChI=1S/C12H11F3N2O3/c13-12(14,15)8-3-1-2-4-9(8)16-11(20)17-5-7(6-17)10(18)19/h1-4,7H,5-6H2,(H,16,20)(H,18,19). The van der Waals surface area contributed by atoms with Crippen molar-refractivity contribution in [1.29, 1.82) is 0 Å². The van der Waals surface area contributed by atoms with Crippen molar-refractivity contribution in [3.8, 4) is 0 Å². The molecule has 108 valence electrons. The van der Waals surface area contributed by atoms with Gasteiger partial charge >= 0.3 is 18.2 Å². The number of amides is 2. The number of hydrogen-bond acceptors (Lipinski definition) is 2. The van der Waals surface area contributed by atoms with Gasteiger partial charge in [0.15, 0.2) is 0 Å². The Hall–Kier alpha value is -2.25. The van der Waals surface area contributed by atoms with Crippen molar-refractivity contribution < 1.29 is 27.9 Å². The summed E-state index contributed by atoms with van der Waals surface area (Å²) in [5.74, 6) is -1.68. The van der Waals surface area contributed by atoms with Crippen molar-refractivity contribution in [2.45, 2.75) is 6.18 Å². The Bertz CT molecular complexity index is 539. The molecule has 0 bridgehead atoms. The lowest BCUT2D eigenvalue weighted by Gasteiger charge is -2.36. The Morgan fingerprint density at radius 1 is 1.25 bits per heavy atom. The molecule has 1 saturated heterocycles. The van der Waals surface area contributed by atoms with E-state index < -0.39 is 29.7 Å². The highest BCUT2D eigenvalue weighted by Crippen LogP contribution is 2.34. The van der Waals surface area contributed by atoms with Gasteiger partial charge in [-0.2, -0.15) is 13.2 Å². The summed E-state index contributed by atoms with van der Waals surface area (Å²) in [6.45, 7) is -0.00922. The summed E-state index contributed by atoms with van der Waals surface area (Å²) >= 11 is 0. The first kappa shape index (κ1) is 14.2. The van der Waals surface area contributed by atoms with Crippen molar-refractivity contribution in [3.63, 3.8) is 0 Å². The second kappa shape index (κ2) is 5.03. The minimum absolute atomic E-state index is 0.00461. The molecule has 0 aromatic heterocycles. The molecule has 0 aliphatic carbocycles. The Kier molecular flexibility index (Phi) is 3.56. The number of alkyl halides is 3. The van der Waals surface area contributed by atoms with Gasteiger partial charge in [0.25, 0.3) is 0 Å². The number of hydrogen-bond donors (Lipinski definition) is 2. The van der Waals surface area contributed by atoms with Crippen LogP contribution in [0, 0.1) is 5.92 Å². The number of rotatable bonds is 2. The zero-order valence-corrected chi connectivity index (χ0v) is 10.1. The number of carboxylic acid groups (broad SMARTS) is 1. The van der Waals surface area contributed by atoms with Gasteiger partial charge in [-0.3, -0.25) is 4.79 Å². The fourth-order valence-corrected chi connectivity index (χ4v) is 1.83. The molecular formula is C12H11F3N2O3. The molecule has 1 aromatic carbocycles. The molecule has 0 saturated carbocycles. The van der Waals surface area contributed by atoms with Gasteiger partial charge < -0.3 is 15.3 Å². The number of carbonyl (C=O) groups is 2. The second-order valence-corrected chi connectivity index (χ2v) is 4.41. The van der Waals surface area contributed by atoms with E-state index in [-0.39, 0.29) is 18.8 Å². The maximum Gasteiger partial charge on any atom is 0.418 e. The quantitative estimate of drug-likeness (QED) is 0.877. The van der Waals surface area contributed by atoms with Gasteiger partial charge in [0.2, 0.25) is 0 Å². The van der Waals surface area contributed by atoms with E-state index in [2.05, 4.69) is 5.32 Å². The summed E-state index contributed by atoms with van der Waals surface area (Å²) in [7, 11) is 0. The number of likely N-dealkylation sites (tertiary alicyclic amines) is 1. The number of benzene rings is 1. The Morgan fingerprint density at radius 2 is 1.85 bits per heavy atom. The number of nitrogens with zero attached hydrogens (tertiary/aromatic N) is 1. The molecule has 2 N–H and O–H groups in total. The third-order valence-corrected chi connectivity index (χ3v) is 2.99. The van der Waals surface area contributed by atoms with Crippen LogP contribution in [0.3, 0.4) is 0 Å². The van der Waals surface area contributed by atoms with Crippen LogP contribution in [0.1, 0.15) is 5.56 Å².